The second-order valence-electron chi connectivity index (χ2n) is 7.16. The summed E-state index contributed by atoms with van der Waals surface area (Å²) in [7, 11) is 3.81. The van der Waals surface area contributed by atoms with E-state index >= 15 is 0 Å². The molecule has 0 bridgehead atoms. The average molecular weight is 365 g/mol. The Bertz CT molecular complexity index is 895. The number of allylic oxidation sites excluding steroid dienone is 1. The number of piperidine rings is 1. The van der Waals surface area contributed by atoms with Crippen LogP contribution in [-0.4, -0.2) is 49.2 Å². The van der Waals surface area contributed by atoms with Gasteiger partial charge in [0.1, 0.15) is 5.82 Å². The summed E-state index contributed by atoms with van der Waals surface area (Å²) >= 11 is 0. The van der Waals surface area contributed by atoms with Crippen molar-refractivity contribution in [2.75, 3.05) is 32.5 Å². The molecule has 1 amide bonds. The van der Waals surface area contributed by atoms with Crippen molar-refractivity contribution in [1.82, 2.24) is 9.88 Å². The first kappa shape index (κ1) is 19.0. The molecule has 1 aliphatic heterocycles. The van der Waals surface area contributed by atoms with Crippen LogP contribution in [0.25, 0.3) is 16.3 Å². The van der Waals surface area contributed by atoms with Gasteiger partial charge in [-0.1, -0.05) is 0 Å². The van der Waals surface area contributed by atoms with Gasteiger partial charge in [-0.3, -0.25) is 9.79 Å². The van der Waals surface area contributed by atoms with Crippen molar-refractivity contribution in [3.05, 3.63) is 41.7 Å². The summed E-state index contributed by atoms with van der Waals surface area (Å²) in [6.45, 7) is 3.95. The summed E-state index contributed by atoms with van der Waals surface area (Å²) in [5, 5.41) is 5.02. The Balaban J connectivity index is 1.85. The van der Waals surface area contributed by atoms with Crippen molar-refractivity contribution >= 4 is 34.3 Å². The molecule has 2 aromatic rings. The maximum Gasteiger partial charge on any atom is 0.228 e. The van der Waals surface area contributed by atoms with Crippen LogP contribution in [0.2, 0.25) is 0 Å². The van der Waals surface area contributed by atoms with Crippen molar-refractivity contribution < 1.29 is 4.79 Å². The molecule has 1 aromatic heterocycles. The third kappa shape index (κ3) is 4.34. The summed E-state index contributed by atoms with van der Waals surface area (Å²) in [5.41, 5.74) is 8.76. The fraction of sp³-hybridized carbons (Fsp3) is 0.381. The van der Waals surface area contributed by atoms with E-state index in [9.17, 15) is 4.79 Å². The SMILES string of the molecule is CN=CC(=CN)c1cc2cc(NC(=O)C3CCN(C)CC3)ncc2cc1C. The van der Waals surface area contributed by atoms with Gasteiger partial charge in [-0.2, -0.15) is 0 Å². The lowest BCUT2D eigenvalue weighted by atomic mass is 9.96. The van der Waals surface area contributed by atoms with Crippen molar-refractivity contribution in [2.24, 2.45) is 16.6 Å². The summed E-state index contributed by atoms with van der Waals surface area (Å²) in [6, 6.07) is 6.06. The molecule has 0 radical (unpaired) electrons. The van der Waals surface area contributed by atoms with E-state index < -0.39 is 0 Å². The molecule has 142 valence electrons. The zero-order valence-corrected chi connectivity index (χ0v) is 16.2. The number of nitrogens with one attached hydrogen (secondary N) is 1. The second kappa shape index (κ2) is 8.31. The topological polar surface area (TPSA) is 83.6 Å². The highest BCUT2D eigenvalue weighted by molar-refractivity contribution is 6.11. The molecule has 0 spiro atoms. The van der Waals surface area contributed by atoms with Gasteiger partial charge >= 0.3 is 0 Å². The van der Waals surface area contributed by atoms with Gasteiger partial charge in [0.2, 0.25) is 5.91 Å². The number of aryl methyl sites for hydroxylation is 1. The predicted octanol–water partition coefficient (Wildman–Crippen LogP) is 2.82. The van der Waals surface area contributed by atoms with E-state index in [0.717, 1.165) is 53.4 Å². The number of aliphatic imine (C=N–C) groups is 1. The molecule has 2 heterocycles. The molecule has 1 saturated heterocycles. The van der Waals surface area contributed by atoms with Gasteiger partial charge in [-0.15, -0.1) is 0 Å². The van der Waals surface area contributed by atoms with E-state index in [-0.39, 0.29) is 11.8 Å². The monoisotopic (exact) mass is 365 g/mol. The molecule has 0 atom stereocenters. The van der Waals surface area contributed by atoms with Crippen LogP contribution in [0.3, 0.4) is 0 Å². The third-order valence-electron chi connectivity index (χ3n) is 5.16. The van der Waals surface area contributed by atoms with Crippen LogP contribution in [0.4, 0.5) is 5.82 Å². The number of hydrogen-bond acceptors (Lipinski definition) is 5. The first-order valence-electron chi connectivity index (χ1n) is 9.26. The highest BCUT2D eigenvalue weighted by atomic mass is 16.1. The van der Waals surface area contributed by atoms with E-state index in [4.69, 9.17) is 5.73 Å². The Hall–Kier alpha value is -2.73. The molecule has 1 fully saturated rings. The fourth-order valence-electron chi connectivity index (χ4n) is 3.53. The van der Waals surface area contributed by atoms with Crippen LogP contribution in [0, 0.1) is 12.8 Å². The number of hydrogen-bond donors (Lipinski definition) is 2. The normalized spacial score (nSPS) is 16.9. The smallest absolute Gasteiger partial charge is 0.228 e. The van der Waals surface area contributed by atoms with Crippen LogP contribution < -0.4 is 11.1 Å². The van der Waals surface area contributed by atoms with Gasteiger partial charge in [-0.25, -0.2) is 4.98 Å². The molecule has 6 nitrogen and oxygen atoms in total. The molecule has 0 aliphatic carbocycles. The predicted molar refractivity (Wildman–Crippen MR) is 112 cm³/mol. The Morgan fingerprint density at radius 1 is 1.30 bits per heavy atom. The minimum absolute atomic E-state index is 0.0554. The molecule has 3 N–H and O–H groups in total. The van der Waals surface area contributed by atoms with E-state index in [1.165, 1.54) is 0 Å². The second-order valence-corrected chi connectivity index (χ2v) is 7.16. The minimum atomic E-state index is 0.0554. The molecule has 1 aromatic carbocycles. The number of benzene rings is 1. The van der Waals surface area contributed by atoms with Crippen molar-refractivity contribution in [1.29, 1.82) is 0 Å². The average Bonchev–Trinajstić information content (AvgIpc) is 2.66. The number of rotatable bonds is 4. The molecule has 3 rings (SSSR count). The zero-order chi connectivity index (χ0) is 19.4. The van der Waals surface area contributed by atoms with Gasteiger partial charge in [0, 0.05) is 42.5 Å². The maximum atomic E-state index is 12.6. The lowest BCUT2D eigenvalue weighted by molar-refractivity contribution is -0.121. The zero-order valence-electron chi connectivity index (χ0n) is 16.2. The van der Waals surface area contributed by atoms with Gasteiger partial charge in [0.25, 0.3) is 0 Å². The van der Waals surface area contributed by atoms with Crippen LogP contribution >= 0.6 is 0 Å². The summed E-state index contributed by atoms with van der Waals surface area (Å²) in [6.07, 6.45) is 6.89. The Kier molecular flexibility index (Phi) is 5.86. The van der Waals surface area contributed by atoms with Gasteiger partial charge in [-0.05, 0) is 74.6 Å². The third-order valence-corrected chi connectivity index (χ3v) is 5.16. The number of nitrogens with zero attached hydrogens (tertiary/aromatic N) is 3. The van der Waals surface area contributed by atoms with E-state index in [1.54, 1.807) is 25.7 Å². The van der Waals surface area contributed by atoms with Crippen LogP contribution in [0.5, 0.6) is 0 Å². The molecule has 27 heavy (non-hydrogen) atoms. The first-order chi connectivity index (χ1) is 13.0. The van der Waals surface area contributed by atoms with Crippen LogP contribution in [0.15, 0.2) is 35.6 Å². The Morgan fingerprint density at radius 3 is 2.70 bits per heavy atom. The molecular weight excluding hydrogens is 338 g/mol. The van der Waals surface area contributed by atoms with Crippen molar-refractivity contribution in [3.63, 3.8) is 0 Å². The number of carbonyl (C=O) groups excluding carboxylic acids is 1. The molecule has 0 saturated carbocycles. The summed E-state index contributed by atoms with van der Waals surface area (Å²) < 4.78 is 0. The maximum absolute atomic E-state index is 12.6. The lowest BCUT2D eigenvalue weighted by Crippen LogP contribution is -2.36. The summed E-state index contributed by atoms with van der Waals surface area (Å²) in [5.74, 6) is 0.700. The van der Waals surface area contributed by atoms with Gasteiger partial charge < -0.3 is 16.0 Å². The van der Waals surface area contributed by atoms with E-state index in [0.29, 0.717) is 5.82 Å². The molecule has 6 heteroatoms. The first-order valence-corrected chi connectivity index (χ1v) is 9.26. The van der Waals surface area contributed by atoms with Gasteiger partial charge in [0.15, 0.2) is 0 Å². The van der Waals surface area contributed by atoms with Gasteiger partial charge in [0.05, 0.1) is 0 Å². The molecule has 0 unspecified atom stereocenters. The Labute approximate surface area is 160 Å². The number of fused-ring (bicyclic) bond motifs is 1. The Morgan fingerprint density at radius 2 is 2.04 bits per heavy atom. The number of anilines is 1. The number of nitrogens with two attached hydrogens (primary N) is 1. The fourth-order valence-corrected chi connectivity index (χ4v) is 3.53. The van der Waals surface area contributed by atoms with Crippen molar-refractivity contribution in [3.8, 4) is 0 Å². The number of likely N-dealkylation sites (tertiary alicyclic amines) is 1. The number of amides is 1. The molecule has 1 aliphatic rings. The quantitative estimate of drug-likeness (QED) is 0.816. The highest BCUT2D eigenvalue weighted by Gasteiger charge is 2.23. The lowest BCUT2D eigenvalue weighted by Gasteiger charge is -2.27. The van der Waals surface area contributed by atoms with Crippen LogP contribution in [-0.2, 0) is 4.79 Å². The standard InChI is InChI=1S/C21H27N5O/c1-14-8-17-13-24-20(25-21(27)15-4-6-26(3)7-5-15)10-16(17)9-19(14)18(11-22)12-23-2/h8-13,15H,4-7,22H2,1-3H3,(H,24,25,27). The minimum Gasteiger partial charge on any atom is -0.404 e. The van der Waals surface area contributed by atoms with Crippen molar-refractivity contribution in [2.45, 2.75) is 19.8 Å². The number of aromatic nitrogens is 1. The van der Waals surface area contributed by atoms with E-state index in [1.807, 2.05) is 13.0 Å². The largest absolute Gasteiger partial charge is 0.404 e. The van der Waals surface area contributed by atoms with E-state index in [2.05, 4.69) is 39.4 Å². The summed E-state index contributed by atoms with van der Waals surface area (Å²) in [4.78, 5) is 23.3. The highest BCUT2D eigenvalue weighted by Crippen LogP contribution is 2.26. The number of carbonyl (C=O) groups is 1. The number of pyridine rings is 1. The molecular formula is C21H27N5O. The van der Waals surface area contributed by atoms with Crippen LogP contribution in [0.1, 0.15) is 24.0 Å².